The molecule has 0 bridgehead atoms. The minimum atomic E-state index is -3.51. The van der Waals surface area contributed by atoms with E-state index in [1.54, 1.807) is 12.1 Å². The first-order chi connectivity index (χ1) is 12.6. The van der Waals surface area contributed by atoms with Gasteiger partial charge in [-0.3, -0.25) is 4.79 Å². The summed E-state index contributed by atoms with van der Waals surface area (Å²) in [7, 11) is -3.51. The Bertz CT molecular complexity index is 970. The molecule has 0 aliphatic rings. The number of anilines is 1. The van der Waals surface area contributed by atoms with Crippen molar-refractivity contribution in [2.75, 3.05) is 18.2 Å². The van der Waals surface area contributed by atoms with Crippen LogP contribution in [-0.2, 0) is 19.4 Å². The van der Waals surface area contributed by atoms with Gasteiger partial charge in [-0.25, -0.2) is 13.2 Å². The average molecular weight is 410 g/mol. The molecule has 8 heteroatoms. The lowest BCUT2D eigenvalue weighted by Gasteiger charge is -2.14. The summed E-state index contributed by atoms with van der Waals surface area (Å²) in [5.74, 6) is -1.17. The van der Waals surface area contributed by atoms with E-state index in [4.69, 9.17) is 16.3 Å². The highest BCUT2D eigenvalue weighted by atomic mass is 35.5. The second-order valence-electron chi connectivity index (χ2n) is 6.28. The lowest BCUT2D eigenvalue weighted by atomic mass is 10.0. The first-order valence-corrected chi connectivity index (χ1v) is 10.4. The van der Waals surface area contributed by atoms with Crippen molar-refractivity contribution in [3.63, 3.8) is 0 Å². The Labute approximate surface area is 163 Å². The minimum absolute atomic E-state index is 0.0398. The highest BCUT2D eigenvalue weighted by Crippen LogP contribution is 2.24. The van der Waals surface area contributed by atoms with Crippen molar-refractivity contribution >= 4 is 39.0 Å². The van der Waals surface area contributed by atoms with Gasteiger partial charge in [0.05, 0.1) is 15.5 Å². The Balaban J connectivity index is 2.07. The van der Waals surface area contributed by atoms with Crippen LogP contribution in [0, 0.1) is 0 Å². The van der Waals surface area contributed by atoms with Gasteiger partial charge in [0, 0.05) is 11.9 Å². The largest absolute Gasteiger partial charge is 0.452 e. The Hall–Kier alpha value is -2.38. The fourth-order valence-electron chi connectivity index (χ4n) is 2.40. The fraction of sp³-hybridized carbons (Fsp3) is 0.263. The van der Waals surface area contributed by atoms with E-state index in [0.717, 1.165) is 17.9 Å². The second-order valence-corrected chi connectivity index (χ2v) is 8.70. The third-order valence-corrected chi connectivity index (χ3v) is 5.22. The van der Waals surface area contributed by atoms with Crippen LogP contribution in [0.3, 0.4) is 0 Å². The number of carbonyl (C=O) groups is 2. The highest BCUT2D eigenvalue weighted by molar-refractivity contribution is 7.90. The molecule has 2 rings (SSSR count). The van der Waals surface area contributed by atoms with E-state index in [1.807, 2.05) is 26.0 Å². The number of hydrogen-bond donors (Lipinski definition) is 1. The highest BCUT2D eigenvalue weighted by Gasteiger charge is 2.18. The zero-order valence-corrected chi connectivity index (χ0v) is 16.7. The standard InChI is InChI=1S/C19H20ClNO5S/c1-12(2)14-6-4-5-7-17(14)21-18(22)11-26-19(23)15-10-13(27(3,24)25)8-9-16(15)20/h4-10,12H,11H2,1-3H3,(H,21,22). The number of esters is 1. The zero-order valence-electron chi connectivity index (χ0n) is 15.2. The molecule has 0 spiro atoms. The molecular weight excluding hydrogens is 390 g/mol. The van der Waals surface area contributed by atoms with E-state index in [0.29, 0.717) is 5.69 Å². The number of para-hydroxylation sites is 1. The SMILES string of the molecule is CC(C)c1ccccc1NC(=O)COC(=O)c1cc(S(C)(=O)=O)ccc1Cl. The van der Waals surface area contributed by atoms with Gasteiger partial charge >= 0.3 is 5.97 Å². The first kappa shape index (κ1) is 20.9. The third kappa shape index (κ3) is 5.55. The lowest BCUT2D eigenvalue weighted by Crippen LogP contribution is -2.22. The van der Waals surface area contributed by atoms with Crippen LogP contribution in [0.25, 0.3) is 0 Å². The van der Waals surface area contributed by atoms with E-state index in [9.17, 15) is 18.0 Å². The maximum atomic E-state index is 12.2. The van der Waals surface area contributed by atoms with Crippen molar-refractivity contribution in [1.82, 2.24) is 0 Å². The molecule has 2 aromatic carbocycles. The molecule has 0 aromatic heterocycles. The molecule has 144 valence electrons. The Morgan fingerprint density at radius 3 is 2.44 bits per heavy atom. The molecular formula is C19H20ClNO5S. The van der Waals surface area contributed by atoms with E-state index >= 15 is 0 Å². The third-order valence-electron chi connectivity index (χ3n) is 3.78. The number of carbonyl (C=O) groups excluding carboxylic acids is 2. The number of hydrogen-bond acceptors (Lipinski definition) is 5. The van der Waals surface area contributed by atoms with Gasteiger partial charge < -0.3 is 10.1 Å². The Morgan fingerprint density at radius 1 is 1.15 bits per heavy atom. The minimum Gasteiger partial charge on any atom is -0.452 e. The molecule has 0 aliphatic carbocycles. The number of benzene rings is 2. The van der Waals surface area contributed by atoms with Gasteiger partial charge in [0.1, 0.15) is 0 Å². The summed E-state index contributed by atoms with van der Waals surface area (Å²) in [5, 5.41) is 2.74. The van der Waals surface area contributed by atoms with Gasteiger partial charge in [0.15, 0.2) is 16.4 Å². The van der Waals surface area contributed by atoms with E-state index in [2.05, 4.69) is 5.32 Å². The molecule has 2 aromatic rings. The quantitative estimate of drug-likeness (QED) is 0.735. The first-order valence-electron chi connectivity index (χ1n) is 8.15. The molecule has 0 saturated carbocycles. The summed E-state index contributed by atoms with van der Waals surface area (Å²) in [6, 6.07) is 11.1. The summed E-state index contributed by atoms with van der Waals surface area (Å²) < 4.78 is 28.2. The normalized spacial score (nSPS) is 11.3. The van der Waals surface area contributed by atoms with Crippen molar-refractivity contribution in [3.8, 4) is 0 Å². The fourth-order valence-corrected chi connectivity index (χ4v) is 3.24. The molecule has 1 amide bonds. The van der Waals surface area contributed by atoms with Gasteiger partial charge in [0.25, 0.3) is 5.91 Å². The molecule has 0 atom stereocenters. The summed E-state index contributed by atoms with van der Waals surface area (Å²) in [5.41, 5.74) is 1.49. The Kier molecular flexibility index (Phi) is 6.62. The lowest BCUT2D eigenvalue weighted by molar-refractivity contribution is -0.119. The van der Waals surface area contributed by atoms with Gasteiger partial charge in [-0.2, -0.15) is 0 Å². The number of nitrogens with one attached hydrogen (secondary N) is 1. The van der Waals surface area contributed by atoms with Crippen LogP contribution in [0.1, 0.15) is 35.7 Å². The van der Waals surface area contributed by atoms with Crippen molar-refractivity contribution in [3.05, 3.63) is 58.6 Å². The van der Waals surface area contributed by atoms with Gasteiger partial charge in [0.2, 0.25) is 0 Å². The second kappa shape index (κ2) is 8.54. The van der Waals surface area contributed by atoms with E-state index in [-0.39, 0.29) is 21.4 Å². The van der Waals surface area contributed by atoms with Crippen LogP contribution in [-0.4, -0.2) is 33.2 Å². The number of halogens is 1. The maximum Gasteiger partial charge on any atom is 0.340 e. The summed E-state index contributed by atoms with van der Waals surface area (Å²) in [6.07, 6.45) is 1.02. The molecule has 27 heavy (non-hydrogen) atoms. The van der Waals surface area contributed by atoms with Crippen LogP contribution in [0.2, 0.25) is 5.02 Å². The van der Waals surface area contributed by atoms with Crippen LogP contribution in [0.5, 0.6) is 0 Å². The number of ether oxygens (including phenoxy) is 1. The predicted octanol–water partition coefficient (Wildman–Crippen LogP) is 3.66. The van der Waals surface area contributed by atoms with Crippen molar-refractivity contribution < 1.29 is 22.7 Å². The number of rotatable bonds is 6. The van der Waals surface area contributed by atoms with Crippen molar-refractivity contribution in [1.29, 1.82) is 0 Å². The molecule has 0 heterocycles. The average Bonchev–Trinajstić information content (AvgIpc) is 2.59. The predicted molar refractivity (Wildman–Crippen MR) is 104 cm³/mol. The van der Waals surface area contributed by atoms with E-state index in [1.165, 1.54) is 12.1 Å². The smallest absolute Gasteiger partial charge is 0.340 e. The molecule has 0 unspecified atom stereocenters. The molecule has 1 N–H and O–H groups in total. The van der Waals surface area contributed by atoms with Crippen molar-refractivity contribution in [2.45, 2.75) is 24.7 Å². The monoisotopic (exact) mass is 409 g/mol. The number of amides is 1. The summed E-state index contributed by atoms with van der Waals surface area (Å²) >= 11 is 5.95. The molecule has 6 nitrogen and oxygen atoms in total. The zero-order chi connectivity index (χ0) is 20.2. The van der Waals surface area contributed by atoms with Crippen LogP contribution >= 0.6 is 11.6 Å². The van der Waals surface area contributed by atoms with Crippen LogP contribution in [0.4, 0.5) is 5.69 Å². The van der Waals surface area contributed by atoms with E-state index < -0.39 is 28.3 Å². The Morgan fingerprint density at radius 2 is 1.81 bits per heavy atom. The van der Waals surface area contributed by atoms with Crippen LogP contribution in [0.15, 0.2) is 47.4 Å². The number of sulfone groups is 1. The van der Waals surface area contributed by atoms with Gasteiger partial charge in [-0.1, -0.05) is 43.6 Å². The summed E-state index contributed by atoms with van der Waals surface area (Å²) in [4.78, 5) is 24.3. The topological polar surface area (TPSA) is 89.5 Å². The van der Waals surface area contributed by atoms with Crippen molar-refractivity contribution in [2.24, 2.45) is 0 Å². The van der Waals surface area contributed by atoms with Gasteiger partial charge in [-0.05, 0) is 35.7 Å². The van der Waals surface area contributed by atoms with Gasteiger partial charge in [-0.15, -0.1) is 0 Å². The molecule has 0 saturated heterocycles. The molecule has 0 fully saturated rings. The van der Waals surface area contributed by atoms with Crippen LogP contribution < -0.4 is 5.32 Å². The maximum absolute atomic E-state index is 12.2. The molecule has 0 radical (unpaired) electrons. The summed E-state index contributed by atoms with van der Waals surface area (Å²) in [6.45, 7) is 3.48. The molecule has 0 aliphatic heterocycles.